The molecule has 0 amide bonds. The van der Waals surface area contributed by atoms with Crippen molar-refractivity contribution in [2.45, 2.75) is 108 Å². The molecule has 0 spiro atoms. The van der Waals surface area contributed by atoms with Crippen molar-refractivity contribution in [3.05, 3.63) is 0 Å². The van der Waals surface area contributed by atoms with Crippen LogP contribution in [0.1, 0.15) is 108 Å². The van der Waals surface area contributed by atoms with Gasteiger partial charge >= 0.3 is 0 Å². The van der Waals surface area contributed by atoms with E-state index in [2.05, 4.69) is 48.5 Å². The lowest BCUT2D eigenvalue weighted by Gasteiger charge is -2.42. The van der Waals surface area contributed by atoms with Crippen molar-refractivity contribution in [1.29, 1.82) is 0 Å². The molecule has 20 heavy (non-hydrogen) atoms. The minimum Gasteiger partial charge on any atom is -0.0683 e. The zero-order valence-electron chi connectivity index (χ0n) is 16.8. The van der Waals surface area contributed by atoms with Crippen LogP contribution in [-0.4, -0.2) is 0 Å². The number of rotatable bonds is 2. The number of hydrogen-bond donors (Lipinski definition) is 0. The Morgan fingerprint density at radius 3 is 1.65 bits per heavy atom. The zero-order chi connectivity index (χ0) is 16.8. The third kappa shape index (κ3) is 11.8. The molecule has 0 heteroatoms. The average Bonchev–Trinajstić information content (AvgIpc) is 2.43. The van der Waals surface area contributed by atoms with Gasteiger partial charge in [0, 0.05) is 0 Å². The molecule has 1 aliphatic carbocycles. The lowest BCUT2D eigenvalue weighted by molar-refractivity contribution is 0.0827. The molecule has 0 aromatic carbocycles. The summed E-state index contributed by atoms with van der Waals surface area (Å²) >= 11 is 0. The van der Waals surface area contributed by atoms with E-state index in [0.717, 1.165) is 17.8 Å². The smallest absolute Gasteiger partial charge is 0.0351 e. The largest absolute Gasteiger partial charge is 0.0683 e. The summed E-state index contributed by atoms with van der Waals surface area (Å²) in [5.41, 5.74) is 0.612. The Labute approximate surface area is 132 Å². The average molecular weight is 287 g/mol. The van der Waals surface area contributed by atoms with Crippen molar-refractivity contribution < 1.29 is 0 Å². The molecule has 0 aromatic heterocycles. The highest BCUT2D eigenvalue weighted by molar-refractivity contribution is 4.85. The molecule has 1 aliphatic rings. The highest BCUT2D eigenvalue weighted by Crippen LogP contribution is 2.45. The molecular weight excluding hydrogens is 240 g/mol. The monoisotopic (exact) mass is 286 g/mol. The minimum atomic E-state index is 0.612. The molecule has 1 saturated carbocycles. The van der Waals surface area contributed by atoms with Gasteiger partial charge in [-0.1, -0.05) is 89.0 Å². The van der Waals surface area contributed by atoms with E-state index in [-0.39, 0.29) is 0 Å². The van der Waals surface area contributed by atoms with Crippen molar-refractivity contribution >= 4 is 0 Å². The van der Waals surface area contributed by atoms with Crippen LogP contribution in [0, 0.1) is 23.2 Å². The Balaban J connectivity index is -0.000000355. The first-order valence-corrected chi connectivity index (χ1v) is 9.37. The fraction of sp³-hybridized carbons (Fsp3) is 1.00. The van der Waals surface area contributed by atoms with Gasteiger partial charge in [-0.25, -0.2) is 0 Å². The summed E-state index contributed by atoms with van der Waals surface area (Å²) in [5.74, 6) is 2.87. The highest BCUT2D eigenvalue weighted by atomic mass is 14.4. The van der Waals surface area contributed by atoms with Crippen molar-refractivity contribution in [3.8, 4) is 0 Å². The molecule has 0 aliphatic heterocycles. The van der Waals surface area contributed by atoms with Gasteiger partial charge in [-0.15, -0.1) is 0 Å². The quantitative estimate of drug-likeness (QED) is 0.483. The zero-order valence-corrected chi connectivity index (χ0v) is 16.8. The lowest BCUT2D eigenvalue weighted by Crippen LogP contribution is -2.32. The van der Waals surface area contributed by atoms with E-state index >= 15 is 0 Å². The minimum absolute atomic E-state index is 0.612. The molecule has 0 N–H and O–H groups in total. The fourth-order valence-corrected chi connectivity index (χ4v) is 2.98. The second-order valence-electron chi connectivity index (χ2n) is 6.69. The maximum absolute atomic E-state index is 2.44. The third-order valence-electron chi connectivity index (χ3n) is 3.97. The molecule has 0 nitrogen and oxygen atoms in total. The summed E-state index contributed by atoms with van der Waals surface area (Å²) in [6.07, 6.45) is 6.99. The number of hydrogen-bond acceptors (Lipinski definition) is 0. The summed E-state index contributed by atoms with van der Waals surface area (Å²) in [6, 6.07) is 0. The van der Waals surface area contributed by atoms with E-state index in [1.165, 1.54) is 32.1 Å². The molecule has 0 aromatic rings. The van der Waals surface area contributed by atoms with E-state index in [0.29, 0.717) is 5.41 Å². The third-order valence-corrected chi connectivity index (χ3v) is 3.97. The van der Waals surface area contributed by atoms with Crippen LogP contribution in [0.2, 0.25) is 0 Å². The van der Waals surface area contributed by atoms with Gasteiger partial charge in [0.15, 0.2) is 0 Å². The SMILES string of the molecule is CC.CC.CCC.CCC1CCC(C)(C)CC1C(C)C. The molecule has 1 rings (SSSR count). The topological polar surface area (TPSA) is 0 Å². The van der Waals surface area contributed by atoms with E-state index in [1.807, 2.05) is 27.7 Å². The predicted molar refractivity (Wildman–Crippen MR) is 98.4 cm³/mol. The molecule has 1 fully saturated rings. The fourth-order valence-electron chi connectivity index (χ4n) is 2.98. The van der Waals surface area contributed by atoms with Crippen molar-refractivity contribution in [2.75, 3.05) is 0 Å². The van der Waals surface area contributed by atoms with E-state index < -0.39 is 0 Å². The van der Waals surface area contributed by atoms with E-state index in [1.54, 1.807) is 0 Å². The second-order valence-corrected chi connectivity index (χ2v) is 6.69. The van der Waals surface area contributed by atoms with E-state index in [4.69, 9.17) is 0 Å². The molecule has 0 heterocycles. The van der Waals surface area contributed by atoms with Gasteiger partial charge < -0.3 is 0 Å². The predicted octanol–water partition coefficient (Wildman–Crippen LogP) is 7.96. The van der Waals surface area contributed by atoms with Crippen LogP contribution < -0.4 is 0 Å². The molecule has 0 radical (unpaired) electrons. The highest BCUT2D eigenvalue weighted by Gasteiger charge is 2.35. The maximum Gasteiger partial charge on any atom is -0.0351 e. The normalized spacial score (nSPS) is 23.4. The van der Waals surface area contributed by atoms with Crippen molar-refractivity contribution in [3.63, 3.8) is 0 Å². The molecular formula is C20H46. The van der Waals surface area contributed by atoms with Gasteiger partial charge in [0.05, 0.1) is 0 Å². The first-order chi connectivity index (χ1) is 9.37. The Hall–Kier alpha value is 0. The Bertz CT molecular complexity index is 167. The van der Waals surface area contributed by atoms with Crippen LogP contribution in [0.15, 0.2) is 0 Å². The summed E-state index contributed by atoms with van der Waals surface area (Å²) in [6.45, 7) is 24.3. The van der Waals surface area contributed by atoms with Crippen LogP contribution in [-0.2, 0) is 0 Å². The summed E-state index contributed by atoms with van der Waals surface area (Å²) in [5, 5.41) is 0. The van der Waals surface area contributed by atoms with Crippen LogP contribution in [0.5, 0.6) is 0 Å². The molecule has 0 bridgehead atoms. The molecule has 2 unspecified atom stereocenters. The Morgan fingerprint density at radius 1 is 0.950 bits per heavy atom. The van der Waals surface area contributed by atoms with Gasteiger partial charge in [-0.2, -0.15) is 0 Å². The Morgan fingerprint density at radius 2 is 1.35 bits per heavy atom. The van der Waals surface area contributed by atoms with Crippen LogP contribution >= 0.6 is 0 Å². The first-order valence-electron chi connectivity index (χ1n) is 9.37. The van der Waals surface area contributed by atoms with Gasteiger partial charge in [0.25, 0.3) is 0 Å². The van der Waals surface area contributed by atoms with E-state index in [9.17, 15) is 0 Å². The maximum atomic E-state index is 2.44. The standard InChI is InChI=1S/C13H26.C3H8.2C2H6/c1-6-11-7-8-13(4,5)9-12(11)10(2)3;1-3-2;2*1-2/h10-12H,6-9H2,1-5H3;3H2,1-2H3;2*1-2H3. The summed E-state index contributed by atoms with van der Waals surface area (Å²) in [7, 11) is 0. The van der Waals surface area contributed by atoms with Crippen molar-refractivity contribution in [2.24, 2.45) is 23.2 Å². The van der Waals surface area contributed by atoms with Gasteiger partial charge in [-0.05, 0) is 42.4 Å². The van der Waals surface area contributed by atoms with Crippen LogP contribution in [0.3, 0.4) is 0 Å². The van der Waals surface area contributed by atoms with Gasteiger partial charge in [0.2, 0.25) is 0 Å². The lowest BCUT2D eigenvalue weighted by atomic mass is 9.63. The second kappa shape index (κ2) is 15.4. The van der Waals surface area contributed by atoms with Crippen LogP contribution in [0.4, 0.5) is 0 Å². The Kier molecular flexibility index (Phi) is 19.2. The first kappa shape index (κ1) is 25.0. The molecule has 2 atom stereocenters. The van der Waals surface area contributed by atoms with Crippen molar-refractivity contribution in [1.82, 2.24) is 0 Å². The summed E-state index contributed by atoms with van der Waals surface area (Å²) in [4.78, 5) is 0. The van der Waals surface area contributed by atoms with Gasteiger partial charge in [-0.3, -0.25) is 0 Å². The molecule has 126 valence electrons. The summed E-state index contributed by atoms with van der Waals surface area (Å²) < 4.78 is 0. The molecule has 0 saturated heterocycles. The van der Waals surface area contributed by atoms with Gasteiger partial charge in [0.1, 0.15) is 0 Å². The van der Waals surface area contributed by atoms with Crippen LogP contribution in [0.25, 0.3) is 0 Å².